The number of nitrogens with one attached hydrogen (secondary N) is 1. The maximum atomic E-state index is 13.8. The van der Waals surface area contributed by atoms with Crippen LogP contribution < -0.4 is 4.72 Å². The maximum absolute atomic E-state index is 13.8. The molecule has 25 heavy (non-hydrogen) atoms. The highest BCUT2D eigenvalue weighted by Gasteiger charge is 2.44. The molecule has 1 saturated heterocycles. The molecule has 1 aromatic rings. The molecule has 1 atom stereocenters. The predicted molar refractivity (Wildman–Crippen MR) is 87.2 cm³/mol. The zero-order valence-electron chi connectivity index (χ0n) is 14.0. The molecule has 1 aliphatic rings. The summed E-state index contributed by atoms with van der Waals surface area (Å²) in [6.07, 6.45) is 0.554. The van der Waals surface area contributed by atoms with Gasteiger partial charge in [-0.1, -0.05) is 13.0 Å². The summed E-state index contributed by atoms with van der Waals surface area (Å²) in [4.78, 5) is 25.9. The fourth-order valence-electron chi connectivity index (χ4n) is 2.76. The largest absolute Gasteiger partial charge is 0.337 e. The van der Waals surface area contributed by atoms with E-state index in [2.05, 4.69) is 0 Å². The van der Waals surface area contributed by atoms with Gasteiger partial charge in [-0.2, -0.15) is 0 Å². The van der Waals surface area contributed by atoms with E-state index in [9.17, 15) is 26.8 Å². The summed E-state index contributed by atoms with van der Waals surface area (Å²) in [5.41, 5.74) is -1.82. The fourth-order valence-corrected chi connectivity index (χ4v) is 3.93. The molecule has 0 bridgehead atoms. The summed E-state index contributed by atoms with van der Waals surface area (Å²) in [5, 5.41) is 0. The Bertz CT molecular complexity index is 777. The first-order chi connectivity index (χ1) is 11.6. The molecule has 2 amide bonds. The standard InChI is InChI=1S/C16H20F2N2O4S/c1-3-9-25(23,24)19-15(22)16(2)7-8-20(10-16)14(21)13-11(17)5-4-6-12(13)18/h4-6H,3,7-10H2,1-2H3,(H,19,22). The van der Waals surface area contributed by atoms with Crippen LogP contribution in [0.1, 0.15) is 37.0 Å². The average Bonchev–Trinajstić information content (AvgIpc) is 2.90. The Morgan fingerprint density at radius 1 is 1.28 bits per heavy atom. The molecule has 9 heteroatoms. The van der Waals surface area contributed by atoms with Crippen molar-refractivity contribution in [2.45, 2.75) is 26.7 Å². The van der Waals surface area contributed by atoms with E-state index in [0.717, 1.165) is 23.1 Å². The molecule has 1 aliphatic heterocycles. The molecule has 1 aromatic carbocycles. The van der Waals surface area contributed by atoms with Gasteiger partial charge in [0.05, 0.1) is 11.2 Å². The summed E-state index contributed by atoms with van der Waals surface area (Å²) >= 11 is 0. The summed E-state index contributed by atoms with van der Waals surface area (Å²) in [6.45, 7) is 3.18. The van der Waals surface area contributed by atoms with Crippen LogP contribution in [0, 0.1) is 17.0 Å². The summed E-state index contributed by atoms with van der Waals surface area (Å²) in [5.74, 6) is -3.71. The number of halogens is 2. The molecule has 1 fully saturated rings. The van der Waals surface area contributed by atoms with Gasteiger partial charge in [0, 0.05) is 13.1 Å². The van der Waals surface area contributed by atoms with Crippen molar-refractivity contribution < 1.29 is 26.8 Å². The molecule has 0 aliphatic carbocycles. The van der Waals surface area contributed by atoms with Crippen molar-refractivity contribution in [1.82, 2.24) is 9.62 Å². The highest BCUT2D eigenvalue weighted by Crippen LogP contribution is 2.32. The molecule has 1 N–H and O–H groups in total. The summed E-state index contributed by atoms with van der Waals surface area (Å²) < 4.78 is 53.1. The Balaban J connectivity index is 2.14. The number of benzene rings is 1. The second-order valence-corrected chi connectivity index (χ2v) is 8.23. The summed E-state index contributed by atoms with van der Waals surface area (Å²) in [7, 11) is -3.73. The van der Waals surface area contributed by atoms with Gasteiger partial charge in [0.25, 0.3) is 5.91 Å². The van der Waals surface area contributed by atoms with Gasteiger partial charge < -0.3 is 4.90 Å². The number of hydrogen-bond donors (Lipinski definition) is 1. The van der Waals surface area contributed by atoms with Crippen molar-refractivity contribution >= 4 is 21.8 Å². The van der Waals surface area contributed by atoms with Gasteiger partial charge in [0.1, 0.15) is 17.2 Å². The van der Waals surface area contributed by atoms with Crippen molar-refractivity contribution in [3.63, 3.8) is 0 Å². The van der Waals surface area contributed by atoms with E-state index in [1.165, 1.54) is 6.92 Å². The van der Waals surface area contributed by atoms with Crippen LogP contribution in [-0.2, 0) is 14.8 Å². The van der Waals surface area contributed by atoms with Gasteiger partial charge in [-0.25, -0.2) is 17.2 Å². The maximum Gasteiger partial charge on any atom is 0.259 e. The highest BCUT2D eigenvalue weighted by atomic mass is 32.2. The van der Waals surface area contributed by atoms with Gasteiger partial charge >= 0.3 is 0 Å². The van der Waals surface area contributed by atoms with Crippen molar-refractivity contribution in [1.29, 1.82) is 0 Å². The Kier molecular flexibility index (Phi) is 5.46. The minimum Gasteiger partial charge on any atom is -0.337 e. The second-order valence-electron chi connectivity index (χ2n) is 6.38. The topological polar surface area (TPSA) is 83.6 Å². The highest BCUT2D eigenvalue weighted by molar-refractivity contribution is 7.90. The van der Waals surface area contributed by atoms with Crippen LogP contribution in [0.15, 0.2) is 18.2 Å². The van der Waals surface area contributed by atoms with Gasteiger partial charge in [-0.05, 0) is 31.9 Å². The number of carbonyl (C=O) groups is 2. The van der Waals surface area contributed by atoms with Crippen LogP contribution in [0.5, 0.6) is 0 Å². The number of rotatable bonds is 5. The van der Waals surface area contributed by atoms with E-state index in [4.69, 9.17) is 0 Å². The fraction of sp³-hybridized carbons (Fsp3) is 0.500. The molecule has 0 saturated carbocycles. The lowest BCUT2D eigenvalue weighted by Gasteiger charge is -2.23. The minimum absolute atomic E-state index is 0.102. The van der Waals surface area contributed by atoms with Crippen LogP contribution >= 0.6 is 0 Å². The van der Waals surface area contributed by atoms with Crippen molar-refractivity contribution in [2.75, 3.05) is 18.8 Å². The number of carbonyl (C=O) groups excluding carboxylic acids is 2. The molecule has 138 valence electrons. The zero-order chi connectivity index (χ0) is 18.8. The summed E-state index contributed by atoms with van der Waals surface area (Å²) in [6, 6.07) is 3.12. The molecule has 6 nitrogen and oxygen atoms in total. The molecule has 0 radical (unpaired) electrons. The number of sulfonamides is 1. The normalized spacial score (nSPS) is 20.6. The van der Waals surface area contributed by atoms with Crippen LogP contribution in [0.4, 0.5) is 8.78 Å². The Hall–Kier alpha value is -2.03. The Morgan fingerprint density at radius 2 is 1.88 bits per heavy atom. The lowest BCUT2D eigenvalue weighted by atomic mass is 9.89. The molecule has 1 unspecified atom stereocenters. The van der Waals surface area contributed by atoms with E-state index in [1.807, 2.05) is 4.72 Å². The minimum atomic E-state index is -3.73. The van der Waals surface area contributed by atoms with E-state index >= 15 is 0 Å². The molecule has 2 rings (SSSR count). The molecule has 1 heterocycles. The predicted octanol–water partition coefficient (Wildman–Crippen LogP) is 1.67. The first kappa shape index (κ1) is 19.3. The number of likely N-dealkylation sites (tertiary alicyclic amines) is 1. The van der Waals surface area contributed by atoms with Crippen molar-refractivity contribution in [3.05, 3.63) is 35.4 Å². The lowest BCUT2D eigenvalue weighted by Crippen LogP contribution is -2.45. The zero-order valence-corrected chi connectivity index (χ0v) is 14.8. The van der Waals surface area contributed by atoms with E-state index in [1.54, 1.807) is 6.92 Å². The Labute approximate surface area is 145 Å². The third kappa shape index (κ3) is 4.15. The van der Waals surface area contributed by atoms with Gasteiger partial charge in [0.15, 0.2) is 0 Å². The van der Waals surface area contributed by atoms with Crippen LogP contribution in [0.25, 0.3) is 0 Å². The number of amides is 2. The van der Waals surface area contributed by atoms with Crippen LogP contribution in [0.2, 0.25) is 0 Å². The van der Waals surface area contributed by atoms with Gasteiger partial charge in [-0.3, -0.25) is 14.3 Å². The SMILES string of the molecule is CCCS(=O)(=O)NC(=O)C1(C)CCN(C(=O)c2c(F)cccc2F)C1. The Morgan fingerprint density at radius 3 is 2.44 bits per heavy atom. The first-order valence-corrected chi connectivity index (χ1v) is 9.53. The van der Waals surface area contributed by atoms with Crippen LogP contribution in [-0.4, -0.2) is 44.0 Å². The van der Waals surface area contributed by atoms with Gasteiger partial charge in [-0.15, -0.1) is 0 Å². The monoisotopic (exact) mass is 374 g/mol. The third-order valence-electron chi connectivity index (χ3n) is 4.21. The van der Waals surface area contributed by atoms with Crippen molar-refractivity contribution in [3.8, 4) is 0 Å². The molecule has 0 aromatic heterocycles. The average molecular weight is 374 g/mol. The first-order valence-electron chi connectivity index (χ1n) is 7.88. The van der Waals surface area contributed by atoms with Crippen molar-refractivity contribution in [2.24, 2.45) is 5.41 Å². The van der Waals surface area contributed by atoms with E-state index < -0.39 is 44.5 Å². The molecular weight excluding hydrogens is 354 g/mol. The third-order valence-corrected chi connectivity index (χ3v) is 5.65. The quantitative estimate of drug-likeness (QED) is 0.850. The molecule has 0 spiro atoms. The van der Waals surface area contributed by atoms with Gasteiger partial charge in [0.2, 0.25) is 15.9 Å². The van der Waals surface area contributed by atoms with E-state index in [0.29, 0.717) is 6.42 Å². The molecular formula is C16H20F2N2O4S. The van der Waals surface area contributed by atoms with Crippen LogP contribution in [0.3, 0.4) is 0 Å². The lowest BCUT2D eigenvalue weighted by molar-refractivity contribution is -0.127. The smallest absolute Gasteiger partial charge is 0.259 e. The van der Waals surface area contributed by atoms with E-state index in [-0.39, 0.29) is 25.3 Å². The second kappa shape index (κ2) is 7.07. The number of hydrogen-bond acceptors (Lipinski definition) is 4. The number of nitrogens with zero attached hydrogens (tertiary/aromatic N) is 1.